The second-order valence-electron chi connectivity index (χ2n) is 11.1. The van der Waals surface area contributed by atoms with Crippen molar-refractivity contribution in [2.45, 2.75) is 129 Å². The lowest BCUT2D eigenvalue weighted by molar-refractivity contribution is -0.194. The molecule has 0 aliphatic carbocycles. The molecule has 0 atom stereocenters. The molecule has 0 saturated carbocycles. The van der Waals surface area contributed by atoms with Gasteiger partial charge in [-0.2, -0.15) is 0 Å². The van der Waals surface area contributed by atoms with E-state index in [0.717, 1.165) is 0 Å². The largest absolute Gasteiger partial charge is 0.352 e. The van der Waals surface area contributed by atoms with Gasteiger partial charge in [0, 0.05) is 0 Å². The highest BCUT2D eigenvalue weighted by atomic mass is 28.2. The number of ether oxygens (including phenoxy) is 4. The molecular formula is C20H46O4Si2. The molecule has 0 amide bonds. The summed E-state index contributed by atoms with van der Waals surface area (Å²) < 4.78 is 24.7. The van der Waals surface area contributed by atoms with Crippen molar-refractivity contribution in [3.8, 4) is 0 Å². The van der Waals surface area contributed by atoms with E-state index >= 15 is 0 Å². The molecule has 0 bridgehead atoms. The molecule has 0 saturated heterocycles. The lowest BCUT2D eigenvalue weighted by atomic mass is 10.2. The molecule has 0 rings (SSSR count). The van der Waals surface area contributed by atoms with Crippen LogP contribution in [-0.2, 0) is 18.9 Å². The van der Waals surface area contributed by atoms with Crippen LogP contribution in [0.25, 0.3) is 0 Å². The first-order valence-corrected chi connectivity index (χ1v) is 13.7. The third-order valence-corrected chi connectivity index (χ3v) is 7.50. The molecule has 0 aromatic heterocycles. The minimum atomic E-state index is -0.482. The highest BCUT2D eigenvalue weighted by molar-refractivity contribution is 6.43. The van der Waals surface area contributed by atoms with Crippen molar-refractivity contribution in [1.29, 1.82) is 0 Å². The summed E-state index contributed by atoms with van der Waals surface area (Å²) in [7, 11) is -0.964. The van der Waals surface area contributed by atoms with Gasteiger partial charge < -0.3 is 18.9 Å². The summed E-state index contributed by atoms with van der Waals surface area (Å²) in [6.45, 7) is 25.2. The first-order valence-electron chi connectivity index (χ1n) is 10.1. The van der Waals surface area contributed by atoms with Crippen molar-refractivity contribution in [1.82, 2.24) is 0 Å². The topological polar surface area (TPSA) is 36.9 Å². The lowest BCUT2D eigenvalue weighted by Crippen LogP contribution is -2.40. The molecular weight excluding hydrogens is 360 g/mol. The van der Waals surface area contributed by atoms with Gasteiger partial charge in [0.25, 0.3) is 0 Å². The Kier molecular flexibility index (Phi) is 10.3. The Hall–Kier alpha value is 0.274. The Morgan fingerprint density at radius 3 is 0.808 bits per heavy atom. The minimum Gasteiger partial charge on any atom is -0.352 e. The summed E-state index contributed by atoms with van der Waals surface area (Å²) in [6, 6.07) is 2.42. The van der Waals surface area contributed by atoms with Gasteiger partial charge in [0.1, 0.15) is 11.8 Å². The molecule has 0 radical (unpaired) electrons. The average Bonchev–Trinajstić information content (AvgIpc) is 2.25. The second-order valence-corrected chi connectivity index (χ2v) is 15.0. The normalized spacial score (nSPS) is 15.5. The van der Waals surface area contributed by atoms with Gasteiger partial charge in [0.15, 0.2) is 0 Å². The van der Waals surface area contributed by atoms with E-state index in [9.17, 15) is 0 Å². The standard InChI is InChI=1S/C20H46O4Si2/c1-17(2,3)21-15(22-18(4,5)6)25-13-14-26-16(23-19(7,8)9)24-20(10,11)12/h15-16H,13-14,25-26H2,1-12H3. The Balaban J connectivity index is 4.59. The van der Waals surface area contributed by atoms with Gasteiger partial charge >= 0.3 is 0 Å². The van der Waals surface area contributed by atoms with Crippen LogP contribution < -0.4 is 0 Å². The fraction of sp³-hybridized carbons (Fsp3) is 1.00. The summed E-state index contributed by atoms with van der Waals surface area (Å²) in [5.41, 5.74) is -0.692. The summed E-state index contributed by atoms with van der Waals surface area (Å²) in [6.07, 6.45) is 0. The zero-order chi connectivity index (χ0) is 20.8. The van der Waals surface area contributed by atoms with E-state index in [1.807, 2.05) is 0 Å². The molecule has 0 spiro atoms. The predicted octanol–water partition coefficient (Wildman–Crippen LogP) is 3.99. The maximum atomic E-state index is 6.17. The fourth-order valence-corrected chi connectivity index (χ4v) is 7.93. The van der Waals surface area contributed by atoms with E-state index in [-0.39, 0.29) is 34.2 Å². The molecule has 158 valence electrons. The Labute approximate surface area is 167 Å². The fourth-order valence-electron chi connectivity index (χ4n) is 2.48. The molecule has 4 nitrogen and oxygen atoms in total. The van der Waals surface area contributed by atoms with E-state index in [0.29, 0.717) is 0 Å². The van der Waals surface area contributed by atoms with Gasteiger partial charge in [-0.05, 0) is 83.1 Å². The molecule has 0 N–H and O–H groups in total. The highest BCUT2D eigenvalue weighted by Gasteiger charge is 2.26. The summed E-state index contributed by atoms with van der Waals surface area (Å²) in [5.74, 6) is -0.0657. The van der Waals surface area contributed by atoms with Crippen LogP contribution >= 0.6 is 0 Å². The van der Waals surface area contributed by atoms with Crippen molar-refractivity contribution in [2.24, 2.45) is 0 Å². The maximum Gasteiger partial charge on any atom is 0.136 e. The SMILES string of the molecule is CC(C)(C)OC(OC(C)(C)C)[SiH2]CC[SiH2]C(OC(C)(C)C)OC(C)(C)C. The molecule has 0 heterocycles. The van der Waals surface area contributed by atoms with E-state index in [2.05, 4.69) is 83.1 Å². The van der Waals surface area contributed by atoms with Crippen LogP contribution in [0.3, 0.4) is 0 Å². The summed E-state index contributed by atoms with van der Waals surface area (Å²) >= 11 is 0. The van der Waals surface area contributed by atoms with E-state index in [1.165, 1.54) is 12.1 Å². The van der Waals surface area contributed by atoms with Crippen molar-refractivity contribution < 1.29 is 18.9 Å². The first kappa shape index (κ1) is 26.3. The first-order chi connectivity index (χ1) is 11.4. The average molecular weight is 407 g/mol. The van der Waals surface area contributed by atoms with Crippen LogP contribution in [0.4, 0.5) is 0 Å². The van der Waals surface area contributed by atoms with Gasteiger partial charge in [-0.15, -0.1) is 0 Å². The molecule has 26 heavy (non-hydrogen) atoms. The Bertz CT molecular complexity index is 317. The van der Waals surface area contributed by atoms with Gasteiger partial charge in [-0.25, -0.2) is 0 Å². The van der Waals surface area contributed by atoms with Gasteiger partial charge in [0.2, 0.25) is 0 Å². The molecule has 0 aromatic carbocycles. The van der Waals surface area contributed by atoms with Crippen LogP contribution in [0.2, 0.25) is 12.1 Å². The molecule has 6 heteroatoms. The predicted molar refractivity (Wildman–Crippen MR) is 118 cm³/mol. The molecule has 0 aromatic rings. The Morgan fingerprint density at radius 1 is 0.462 bits per heavy atom. The second kappa shape index (κ2) is 10.2. The molecule has 0 fully saturated rings. The molecule has 0 unspecified atom stereocenters. The van der Waals surface area contributed by atoms with Crippen molar-refractivity contribution >= 4 is 19.0 Å². The third kappa shape index (κ3) is 17.7. The summed E-state index contributed by atoms with van der Waals surface area (Å²) in [5, 5.41) is 0. The summed E-state index contributed by atoms with van der Waals surface area (Å²) in [4.78, 5) is 0. The van der Waals surface area contributed by atoms with Crippen molar-refractivity contribution in [3.63, 3.8) is 0 Å². The smallest absolute Gasteiger partial charge is 0.136 e. The number of hydrogen-bond donors (Lipinski definition) is 0. The van der Waals surface area contributed by atoms with Gasteiger partial charge in [0.05, 0.1) is 41.4 Å². The van der Waals surface area contributed by atoms with Crippen LogP contribution in [0, 0.1) is 0 Å². The Morgan fingerprint density at radius 2 is 0.654 bits per heavy atom. The lowest BCUT2D eigenvalue weighted by Gasteiger charge is -2.34. The monoisotopic (exact) mass is 406 g/mol. The zero-order valence-corrected chi connectivity index (χ0v) is 22.4. The zero-order valence-electron chi connectivity index (χ0n) is 19.6. The number of rotatable bonds is 9. The minimum absolute atomic E-state index is 0.0329. The number of hydrogen-bond acceptors (Lipinski definition) is 4. The van der Waals surface area contributed by atoms with Crippen molar-refractivity contribution in [3.05, 3.63) is 0 Å². The molecule has 0 aliphatic rings. The van der Waals surface area contributed by atoms with Gasteiger partial charge in [-0.1, -0.05) is 12.1 Å². The van der Waals surface area contributed by atoms with Crippen molar-refractivity contribution in [2.75, 3.05) is 0 Å². The highest BCUT2D eigenvalue weighted by Crippen LogP contribution is 2.20. The maximum absolute atomic E-state index is 6.17. The van der Waals surface area contributed by atoms with Crippen LogP contribution in [0.5, 0.6) is 0 Å². The quantitative estimate of drug-likeness (QED) is 0.330. The van der Waals surface area contributed by atoms with E-state index in [4.69, 9.17) is 18.9 Å². The molecule has 0 aliphatic heterocycles. The van der Waals surface area contributed by atoms with Gasteiger partial charge in [-0.3, -0.25) is 0 Å². The van der Waals surface area contributed by atoms with E-state index < -0.39 is 19.0 Å². The third-order valence-electron chi connectivity index (χ3n) is 3.07. The van der Waals surface area contributed by atoms with E-state index in [1.54, 1.807) is 0 Å². The van der Waals surface area contributed by atoms with Crippen LogP contribution in [0.1, 0.15) is 83.1 Å². The van der Waals surface area contributed by atoms with Crippen LogP contribution in [0.15, 0.2) is 0 Å². The van der Waals surface area contributed by atoms with Crippen LogP contribution in [-0.4, -0.2) is 53.3 Å².